The summed E-state index contributed by atoms with van der Waals surface area (Å²) in [6, 6.07) is 5.78. The van der Waals surface area contributed by atoms with Gasteiger partial charge in [0.15, 0.2) is 0 Å². The molecule has 29 heavy (non-hydrogen) atoms. The van der Waals surface area contributed by atoms with Crippen LogP contribution in [0.5, 0.6) is 0 Å². The van der Waals surface area contributed by atoms with Crippen molar-refractivity contribution in [2.75, 3.05) is 31.1 Å². The Morgan fingerprint density at radius 1 is 1.38 bits per heavy atom. The molecule has 3 N–H and O–H groups in total. The Hall–Kier alpha value is -2.68. The number of urea groups is 1. The first-order chi connectivity index (χ1) is 13.7. The van der Waals surface area contributed by atoms with Gasteiger partial charge >= 0.3 is 6.03 Å². The monoisotopic (exact) mass is 406 g/mol. The quantitative estimate of drug-likeness (QED) is 0.608. The Kier molecular flexibility index (Phi) is 6.07. The highest BCUT2D eigenvalue weighted by Gasteiger charge is 2.45. The molecular formula is C20H27FN4O4. The van der Waals surface area contributed by atoms with Gasteiger partial charge in [0.1, 0.15) is 11.4 Å². The van der Waals surface area contributed by atoms with E-state index in [0.29, 0.717) is 19.6 Å². The summed E-state index contributed by atoms with van der Waals surface area (Å²) in [5, 5.41) is 14.2. The second kappa shape index (κ2) is 8.36. The lowest BCUT2D eigenvalue weighted by molar-refractivity contribution is -0.138. The molecular weight excluding hydrogens is 379 g/mol. The Morgan fingerprint density at radius 2 is 2.14 bits per heavy atom. The Balaban J connectivity index is 1.68. The molecule has 2 aliphatic heterocycles. The van der Waals surface area contributed by atoms with E-state index in [2.05, 4.69) is 15.5 Å². The number of imide groups is 1. The van der Waals surface area contributed by atoms with Gasteiger partial charge in [-0.15, -0.1) is 0 Å². The van der Waals surface area contributed by atoms with E-state index >= 15 is 0 Å². The van der Waals surface area contributed by atoms with Gasteiger partial charge in [-0.25, -0.2) is 9.18 Å². The van der Waals surface area contributed by atoms with Crippen molar-refractivity contribution in [2.45, 2.75) is 38.3 Å². The van der Waals surface area contributed by atoms with Gasteiger partial charge in [-0.2, -0.15) is 0 Å². The van der Waals surface area contributed by atoms with Crippen molar-refractivity contribution >= 4 is 23.5 Å². The SMILES string of the molecule is C[C@H]1CN(C(=O)[C@@H](CCO)C[C@@]2(C)NC(=O)NC2=O)CCN1c1cccc(F)c1. The van der Waals surface area contributed by atoms with Crippen LogP contribution in [0.4, 0.5) is 14.9 Å². The number of rotatable bonds is 6. The summed E-state index contributed by atoms with van der Waals surface area (Å²) in [6.07, 6.45) is 0.318. The van der Waals surface area contributed by atoms with Gasteiger partial charge in [0.25, 0.3) is 5.91 Å². The standard InChI is InChI=1S/C20H27FN4O4/c1-13-12-24(7-8-25(13)16-5-3-4-15(21)10-16)17(27)14(6-9-26)11-20(2)18(28)22-19(29)23-20/h3-5,10,13-14,26H,6-9,11-12H2,1-2H3,(H2,22,23,28,29)/t13-,14-,20+/m0/s1. The third-order valence-corrected chi connectivity index (χ3v) is 5.68. The number of aliphatic hydroxyl groups is 1. The number of hydrogen-bond acceptors (Lipinski definition) is 5. The molecule has 0 unspecified atom stereocenters. The zero-order valence-corrected chi connectivity index (χ0v) is 16.7. The molecule has 0 saturated carbocycles. The van der Waals surface area contributed by atoms with Gasteiger partial charge in [-0.05, 0) is 44.9 Å². The number of aliphatic hydroxyl groups excluding tert-OH is 1. The number of amides is 4. The average molecular weight is 406 g/mol. The predicted octanol–water partition coefficient (Wildman–Crippen LogP) is 0.850. The lowest BCUT2D eigenvalue weighted by Gasteiger charge is -2.42. The Bertz CT molecular complexity index is 804. The van der Waals surface area contributed by atoms with Crippen molar-refractivity contribution in [3.63, 3.8) is 0 Å². The maximum atomic E-state index is 13.6. The molecule has 3 atom stereocenters. The van der Waals surface area contributed by atoms with Gasteiger partial charge in [0, 0.05) is 43.9 Å². The van der Waals surface area contributed by atoms with E-state index in [4.69, 9.17) is 0 Å². The molecule has 1 aromatic rings. The van der Waals surface area contributed by atoms with Gasteiger partial charge in [0.05, 0.1) is 0 Å². The van der Waals surface area contributed by atoms with Crippen LogP contribution in [0.2, 0.25) is 0 Å². The number of carbonyl (C=O) groups is 3. The lowest BCUT2D eigenvalue weighted by atomic mass is 9.86. The summed E-state index contributed by atoms with van der Waals surface area (Å²) in [5.74, 6) is -1.52. The molecule has 8 nitrogen and oxygen atoms in total. The molecule has 4 amide bonds. The fourth-order valence-corrected chi connectivity index (χ4v) is 4.14. The molecule has 0 bridgehead atoms. The number of benzene rings is 1. The number of carbonyl (C=O) groups excluding carboxylic acids is 3. The smallest absolute Gasteiger partial charge is 0.322 e. The summed E-state index contributed by atoms with van der Waals surface area (Å²) in [6.45, 7) is 4.81. The van der Waals surface area contributed by atoms with E-state index in [1.165, 1.54) is 12.1 Å². The first-order valence-electron chi connectivity index (χ1n) is 9.79. The maximum Gasteiger partial charge on any atom is 0.322 e. The van der Waals surface area contributed by atoms with Gasteiger partial charge in [-0.3, -0.25) is 14.9 Å². The van der Waals surface area contributed by atoms with Crippen molar-refractivity contribution in [1.82, 2.24) is 15.5 Å². The predicted molar refractivity (Wildman–Crippen MR) is 105 cm³/mol. The first kappa shape index (κ1) is 21.0. The molecule has 1 aromatic carbocycles. The highest BCUT2D eigenvalue weighted by molar-refractivity contribution is 6.07. The molecule has 0 radical (unpaired) electrons. The van der Waals surface area contributed by atoms with Crippen LogP contribution in [0.3, 0.4) is 0 Å². The van der Waals surface area contributed by atoms with Crippen molar-refractivity contribution < 1.29 is 23.9 Å². The molecule has 158 valence electrons. The van der Waals surface area contributed by atoms with Crippen LogP contribution in [0.25, 0.3) is 0 Å². The summed E-state index contributed by atoms with van der Waals surface area (Å²) in [4.78, 5) is 40.5. The molecule has 2 aliphatic rings. The number of halogens is 1. The van der Waals surface area contributed by atoms with Gasteiger partial charge in [-0.1, -0.05) is 6.07 Å². The zero-order chi connectivity index (χ0) is 21.2. The maximum absolute atomic E-state index is 13.6. The Morgan fingerprint density at radius 3 is 2.72 bits per heavy atom. The Labute approximate surface area is 169 Å². The normalized spacial score (nSPS) is 25.6. The molecule has 2 fully saturated rings. The highest BCUT2D eigenvalue weighted by Crippen LogP contribution is 2.27. The van der Waals surface area contributed by atoms with Gasteiger partial charge < -0.3 is 20.2 Å². The minimum atomic E-state index is -1.18. The lowest BCUT2D eigenvalue weighted by Crippen LogP contribution is -2.56. The minimum absolute atomic E-state index is 0.0191. The minimum Gasteiger partial charge on any atom is -0.396 e. The zero-order valence-electron chi connectivity index (χ0n) is 16.7. The highest BCUT2D eigenvalue weighted by atomic mass is 19.1. The fourth-order valence-electron chi connectivity index (χ4n) is 4.14. The van der Waals surface area contributed by atoms with Crippen LogP contribution in [0, 0.1) is 11.7 Å². The van der Waals surface area contributed by atoms with E-state index < -0.39 is 23.4 Å². The average Bonchev–Trinajstić information content (AvgIpc) is 2.92. The van der Waals surface area contributed by atoms with Crippen LogP contribution in [0.1, 0.15) is 26.7 Å². The van der Waals surface area contributed by atoms with Crippen LogP contribution in [-0.4, -0.2) is 65.7 Å². The number of nitrogens with zero attached hydrogens (tertiary/aromatic N) is 2. The summed E-state index contributed by atoms with van der Waals surface area (Å²) >= 11 is 0. The second-order valence-electron chi connectivity index (χ2n) is 7.96. The molecule has 0 aromatic heterocycles. The van der Waals surface area contributed by atoms with Crippen LogP contribution < -0.4 is 15.5 Å². The first-order valence-corrected chi connectivity index (χ1v) is 9.79. The van der Waals surface area contributed by atoms with Gasteiger partial charge in [0.2, 0.25) is 5.91 Å². The van der Waals surface area contributed by atoms with Crippen molar-refractivity contribution in [1.29, 1.82) is 0 Å². The number of anilines is 1. The fraction of sp³-hybridized carbons (Fsp3) is 0.550. The summed E-state index contributed by atoms with van der Waals surface area (Å²) in [5.41, 5.74) is -0.406. The largest absolute Gasteiger partial charge is 0.396 e. The molecule has 2 saturated heterocycles. The number of nitrogens with one attached hydrogen (secondary N) is 2. The van der Waals surface area contributed by atoms with Crippen LogP contribution in [0.15, 0.2) is 24.3 Å². The molecule has 3 rings (SSSR count). The van der Waals surface area contributed by atoms with Crippen molar-refractivity contribution in [3.8, 4) is 0 Å². The third kappa shape index (κ3) is 4.50. The molecule has 9 heteroatoms. The second-order valence-corrected chi connectivity index (χ2v) is 7.96. The van der Waals surface area contributed by atoms with E-state index in [-0.39, 0.29) is 37.2 Å². The van der Waals surface area contributed by atoms with E-state index in [0.717, 1.165) is 5.69 Å². The number of hydrogen-bond donors (Lipinski definition) is 3. The van der Waals surface area contributed by atoms with Crippen LogP contribution in [-0.2, 0) is 9.59 Å². The van der Waals surface area contributed by atoms with Crippen molar-refractivity contribution in [2.24, 2.45) is 5.92 Å². The molecule has 0 spiro atoms. The molecule has 2 heterocycles. The molecule has 0 aliphatic carbocycles. The topological polar surface area (TPSA) is 102 Å². The van der Waals surface area contributed by atoms with E-state index in [1.807, 2.05) is 13.0 Å². The van der Waals surface area contributed by atoms with Crippen molar-refractivity contribution in [3.05, 3.63) is 30.1 Å². The van der Waals surface area contributed by atoms with E-state index in [9.17, 15) is 23.9 Å². The number of piperazine rings is 1. The van der Waals surface area contributed by atoms with E-state index in [1.54, 1.807) is 17.9 Å². The van der Waals surface area contributed by atoms with Crippen LogP contribution >= 0.6 is 0 Å². The summed E-state index contributed by atoms with van der Waals surface area (Å²) in [7, 11) is 0. The summed E-state index contributed by atoms with van der Waals surface area (Å²) < 4.78 is 13.6. The third-order valence-electron chi connectivity index (χ3n) is 5.68.